The highest BCUT2D eigenvalue weighted by Crippen LogP contribution is 2.22. The number of fused-ring (bicyclic) bond motifs is 1. The van der Waals surface area contributed by atoms with Gasteiger partial charge in [-0.3, -0.25) is 9.59 Å². The van der Waals surface area contributed by atoms with Crippen molar-refractivity contribution in [3.63, 3.8) is 0 Å². The van der Waals surface area contributed by atoms with Crippen LogP contribution in [-0.4, -0.2) is 46.8 Å². The monoisotopic (exact) mass is 319 g/mol. The minimum atomic E-state index is -0.601. The molecule has 2 amide bonds. The van der Waals surface area contributed by atoms with E-state index in [-0.39, 0.29) is 6.04 Å². The van der Waals surface area contributed by atoms with Crippen molar-refractivity contribution in [2.24, 2.45) is 0 Å². The highest BCUT2D eigenvalue weighted by molar-refractivity contribution is 7.98. The van der Waals surface area contributed by atoms with Crippen LogP contribution in [0.3, 0.4) is 0 Å². The molecule has 2 rings (SSSR count). The fourth-order valence-corrected chi connectivity index (χ4v) is 3.24. The number of nitrogens with one attached hydrogen (secondary N) is 2. The lowest BCUT2D eigenvalue weighted by Crippen LogP contribution is -2.44. The summed E-state index contributed by atoms with van der Waals surface area (Å²) in [7, 11) is 1.68. The van der Waals surface area contributed by atoms with Gasteiger partial charge in [-0.1, -0.05) is 13.0 Å². The van der Waals surface area contributed by atoms with Crippen LogP contribution >= 0.6 is 11.8 Å². The van der Waals surface area contributed by atoms with Crippen molar-refractivity contribution in [1.82, 2.24) is 9.88 Å². The Morgan fingerprint density at radius 1 is 1.36 bits per heavy atom. The van der Waals surface area contributed by atoms with Crippen LogP contribution in [0.5, 0.6) is 0 Å². The number of nitrogens with zero attached hydrogens (tertiary/aromatic N) is 1. The number of carbonyl (C=O) groups excluding carboxylic acids is 2. The molecule has 0 aliphatic heterocycles. The van der Waals surface area contributed by atoms with Gasteiger partial charge in [0.1, 0.15) is 0 Å². The van der Waals surface area contributed by atoms with Crippen LogP contribution in [0.2, 0.25) is 0 Å². The second kappa shape index (κ2) is 7.35. The predicted octanol–water partition coefficient (Wildman–Crippen LogP) is 2.71. The molecule has 0 spiro atoms. The molecule has 2 aromatic rings. The van der Waals surface area contributed by atoms with Gasteiger partial charge in [-0.05, 0) is 30.9 Å². The number of anilines is 1. The molecular weight excluding hydrogens is 298 g/mol. The summed E-state index contributed by atoms with van der Waals surface area (Å²) in [6.45, 7) is 2.02. The molecule has 0 radical (unpaired) electrons. The zero-order valence-electron chi connectivity index (χ0n) is 13.1. The lowest BCUT2D eigenvalue weighted by molar-refractivity contribution is -0.143. The number of aromatic nitrogens is 1. The van der Waals surface area contributed by atoms with Gasteiger partial charge in [0, 0.05) is 35.9 Å². The van der Waals surface area contributed by atoms with Crippen molar-refractivity contribution in [3.8, 4) is 0 Å². The van der Waals surface area contributed by atoms with Gasteiger partial charge in [-0.15, -0.1) is 0 Å². The number of rotatable bonds is 5. The van der Waals surface area contributed by atoms with Gasteiger partial charge in [-0.25, -0.2) is 0 Å². The molecule has 0 fully saturated rings. The quantitative estimate of drug-likeness (QED) is 0.833. The highest BCUT2D eigenvalue weighted by Gasteiger charge is 2.24. The molecule has 1 atom stereocenters. The van der Waals surface area contributed by atoms with Crippen LogP contribution in [0.1, 0.15) is 13.3 Å². The van der Waals surface area contributed by atoms with Crippen LogP contribution in [0.4, 0.5) is 5.69 Å². The number of hydrogen-bond acceptors (Lipinski definition) is 3. The lowest BCUT2D eigenvalue weighted by atomic mass is 10.2. The highest BCUT2D eigenvalue weighted by atomic mass is 32.2. The second-order valence-corrected chi connectivity index (χ2v) is 6.04. The molecule has 0 saturated carbocycles. The van der Waals surface area contributed by atoms with E-state index in [9.17, 15) is 9.59 Å². The van der Waals surface area contributed by atoms with Crippen molar-refractivity contribution in [3.05, 3.63) is 30.5 Å². The van der Waals surface area contributed by atoms with Gasteiger partial charge in [0.15, 0.2) is 0 Å². The number of thioether (sulfide) groups is 1. The zero-order valence-corrected chi connectivity index (χ0v) is 13.9. The first kappa shape index (κ1) is 16.4. The third kappa shape index (κ3) is 3.44. The SMILES string of the molecule is CCC(CSC)N(C)C(=O)C(=O)Nc1cccc2[nH]ccc12. The molecule has 0 aliphatic carbocycles. The first-order valence-electron chi connectivity index (χ1n) is 7.21. The van der Waals surface area contributed by atoms with Gasteiger partial charge >= 0.3 is 11.8 Å². The Hall–Kier alpha value is -1.95. The molecule has 1 heterocycles. The lowest BCUT2D eigenvalue weighted by Gasteiger charge is -2.26. The second-order valence-electron chi connectivity index (χ2n) is 5.13. The summed E-state index contributed by atoms with van der Waals surface area (Å²) in [5.74, 6) is -0.288. The number of likely N-dealkylation sites (N-methyl/N-ethyl adjacent to an activating group) is 1. The summed E-state index contributed by atoms with van der Waals surface area (Å²) in [5.41, 5.74) is 1.57. The van der Waals surface area contributed by atoms with Crippen LogP contribution in [0.25, 0.3) is 10.9 Å². The first-order chi connectivity index (χ1) is 10.6. The standard InChI is InChI=1S/C16H21N3O2S/c1-4-11(10-22-3)19(2)16(21)15(20)18-14-7-5-6-13-12(14)8-9-17-13/h5-9,11,17H,4,10H2,1-3H3,(H,18,20). The molecule has 1 unspecified atom stereocenters. The minimum absolute atomic E-state index is 0.0660. The Morgan fingerprint density at radius 3 is 2.82 bits per heavy atom. The maximum absolute atomic E-state index is 12.3. The first-order valence-corrected chi connectivity index (χ1v) is 8.61. The maximum atomic E-state index is 12.3. The number of benzene rings is 1. The van der Waals surface area contributed by atoms with Crippen molar-refractivity contribution in [2.45, 2.75) is 19.4 Å². The summed E-state index contributed by atoms with van der Waals surface area (Å²) in [5, 5.41) is 3.61. The molecule has 2 N–H and O–H groups in total. The Kier molecular flexibility index (Phi) is 5.49. The fraction of sp³-hybridized carbons (Fsp3) is 0.375. The Morgan fingerprint density at radius 2 is 2.14 bits per heavy atom. The normalized spacial score (nSPS) is 12.1. The minimum Gasteiger partial charge on any atom is -0.361 e. The Balaban J connectivity index is 2.11. The topological polar surface area (TPSA) is 65.2 Å². The van der Waals surface area contributed by atoms with Gasteiger partial charge in [0.05, 0.1) is 5.69 Å². The molecule has 118 valence electrons. The van der Waals surface area contributed by atoms with Gasteiger partial charge in [0.25, 0.3) is 0 Å². The van der Waals surface area contributed by atoms with E-state index in [1.54, 1.807) is 31.1 Å². The molecule has 0 bridgehead atoms. The Bertz CT molecular complexity index is 668. The van der Waals surface area contributed by atoms with E-state index in [4.69, 9.17) is 0 Å². The summed E-state index contributed by atoms with van der Waals surface area (Å²) < 4.78 is 0. The van der Waals surface area contributed by atoms with Crippen molar-refractivity contribution < 1.29 is 9.59 Å². The van der Waals surface area contributed by atoms with E-state index in [2.05, 4.69) is 10.3 Å². The van der Waals surface area contributed by atoms with Crippen molar-refractivity contribution in [2.75, 3.05) is 24.4 Å². The molecule has 1 aromatic carbocycles. The molecule has 6 heteroatoms. The molecule has 0 saturated heterocycles. The van der Waals surface area contributed by atoms with E-state index in [0.29, 0.717) is 5.69 Å². The van der Waals surface area contributed by atoms with E-state index in [0.717, 1.165) is 23.1 Å². The van der Waals surface area contributed by atoms with E-state index in [1.807, 2.05) is 31.4 Å². The molecule has 1 aromatic heterocycles. The molecule has 0 aliphatic rings. The average molecular weight is 319 g/mol. The largest absolute Gasteiger partial charge is 0.361 e. The third-order valence-corrected chi connectivity index (χ3v) is 4.45. The van der Waals surface area contributed by atoms with Crippen LogP contribution in [0.15, 0.2) is 30.5 Å². The van der Waals surface area contributed by atoms with Gasteiger partial charge in [0.2, 0.25) is 0 Å². The summed E-state index contributed by atoms with van der Waals surface area (Å²) in [4.78, 5) is 29.1. The smallest absolute Gasteiger partial charge is 0.313 e. The maximum Gasteiger partial charge on any atom is 0.313 e. The van der Waals surface area contributed by atoms with Crippen LogP contribution in [0, 0.1) is 0 Å². The number of aromatic amines is 1. The summed E-state index contributed by atoms with van der Waals surface area (Å²) in [6.07, 6.45) is 4.62. The molecular formula is C16H21N3O2S. The van der Waals surface area contributed by atoms with Gasteiger partial charge in [-0.2, -0.15) is 11.8 Å². The number of amides is 2. The van der Waals surface area contributed by atoms with Crippen LogP contribution in [-0.2, 0) is 9.59 Å². The van der Waals surface area contributed by atoms with Crippen molar-refractivity contribution in [1.29, 1.82) is 0 Å². The third-order valence-electron chi connectivity index (χ3n) is 3.74. The average Bonchev–Trinajstić information content (AvgIpc) is 3.00. The van der Waals surface area contributed by atoms with E-state index < -0.39 is 11.8 Å². The van der Waals surface area contributed by atoms with Crippen LogP contribution < -0.4 is 5.32 Å². The molecule has 5 nitrogen and oxygen atoms in total. The summed E-state index contributed by atoms with van der Waals surface area (Å²) >= 11 is 1.67. The van der Waals surface area contributed by atoms with E-state index >= 15 is 0 Å². The number of H-pyrrole nitrogens is 1. The van der Waals surface area contributed by atoms with E-state index in [1.165, 1.54) is 4.90 Å². The Labute approximate surface area is 134 Å². The summed E-state index contributed by atoms with van der Waals surface area (Å²) in [6, 6.07) is 7.49. The molecule has 22 heavy (non-hydrogen) atoms. The van der Waals surface area contributed by atoms with Gasteiger partial charge < -0.3 is 15.2 Å². The fourth-order valence-electron chi connectivity index (χ4n) is 2.39. The predicted molar refractivity (Wildman–Crippen MR) is 92.2 cm³/mol. The van der Waals surface area contributed by atoms with Crippen molar-refractivity contribution >= 4 is 40.2 Å². The zero-order chi connectivity index (χ0) is 16.1. The number of hydrogen-bond donors (Lipinski definition) is 2. The number of carbonyl (C=O) groups is 2.